The first-order chi connectivity index (χ1) is 7.75. The molecule has 0 radical (unpaired) electrons. The third-order valence-electron chi connectivity index (χ3n) is 2.86. The topological polar surface area (TPSA) is 65.2 Å². The molecule has 1 aliphatic rings. The lowest BCUT2D eigenvalue weighted by molar-refractivity contribution is 0.0998. The summed E-state index contributed by atoms with van der Waals surface area (Å²) in [6, 6.07) is 3.20. The lowest BCUT2D eigenvalue weighted by Crippen LogP contribution is -2.20. The van der Waals surface area contributed by atoms with Crippen molar-refractivity contribution in [2.45, 2.75) is 38.2 Å². The highest BCUT2D eigenvalue weighted by molar-refractivity contribution is 5.92. The molecule has 2 N–H and O–H groups in total. The summed E-state index contributed by atoms with van der Waals surface area (Å²) in [4.78, 5) is 15.1. The molecule has 16 heavy (non-hydrogen) atoms. The minimum Gasteiger partial charge on any atom is -0.474 e. The van der Waals surface area contributed by atoms with Gasteiger partial charge in [-0.1, -0.05) is 6.42 Å². The van der Waals surface area contributed by atoms with E-state index in [-0.39, 0.29) is 6.10 Å². The number of amides is 1. The first kappa shape index (κ1) is 10.9. The maximum atomic E-state index is 11.0. The fourth-order valence-electron chi connectivity index (χ4n) is 1.98. The SMILES string of the molecule is NC(=O)c1ccnc(OC2CCCCC2)c1. The molecule has 0 unspecified atom stereocenters. The maximum absolute atomic E-state index is 11.0. The van der Waals surface area contributed by atoms with E-state index in [1.807, 2.05) is 0 Å². The minimum atomic E-state index is -0.448. The Bertz CT molecular complexity index is 373. The number of aromatic nitrogens is 1. The normalized spacial score (nSPS) is 17.0. The lowest BCUT2D eigenvalue weighted by Gasteiger charge is -2.22. The molecule has 1 amide bonds. The minimum absolute atomic E-state index is 0.240. The van der Waals surface area contributed by atoms with Gasteiger partial charge in [0, 0.05) is 17.8 Å². The number of nitrogens with two attached hydrogens (primary N) is 1. The third-order valence-corrected chi connectivity index (χ3v) is 2.86. The molecule has 4 nitrogen and oxygen atoms in total. The van der Waals surface area contributed by atoms with Crippen LogP contribution in [-0.2, 0) is 0 Å². The van der Waals surface area contributed by atoms with Crippen molar-refractivity contribution in [3.05, 3.63) is 23.9 Å². The van der Waals surface area contributed by atoms with Crippen molar-refractivity contribution in [3.8, 4) is 5.88 Å². The van der Waals surface area contributed by atoms with E-state index in [9.17, 15) is 4.79 Å². The average Bonchev–Trinajstić information content (AvgIpc) is 2.30. The van der Waals surface area contributed by atoms with Gasteiger partial charge in [-0.05, 0) is 31.7 Å². The molecule has 0 atom stereocenters. The number of carbonyl (C=O) groups excluding carboxylic acids is 1. The number of rotatable bonds is 3. The molecule has 0 saturated heterocycles. The van der Waals surface area contributed by atoms with Crippen LogP contribution < -0.4 is 10.5 Å². The summed E-state index contributed by atoms with van der Waals surface area (Å²) in [6.45, 7) is 0. The van der Waals surface area contributed by atoms with Crippen molar-refractivity contribution >= 4 is 5.91 Å². The number of nitrogens with zero attached hydrogens (tertiary/aromatic N) is 1. The Morgan fingerprint density at radius 2 is 2.12 bits per heavy atom. The summed E-state index contributed by atoms with van der Waals surface area (Å²) in [5, 5.41) is 0. The van der Waals surface area contributed by atoms with Crippen LogP contribution in [0.2, 0.25) is 0 Å². The second-order valence-corrected chi connectivity index (χ2v) is 4.12. The predicted molar refractivity (Wildman–Crippen MR) is 60.3 cm³/mol. The number of hydrogen-bond donors (Lipinski definition) is 1. The molecule has 4 heteroatoms. The molecule has 1 saturated carbocycles. The lowest BCUT2D eigenvalue weighted by atomic mass is 9.98. The summed E-state index contributed by atoms with van der Waals surface area (Å²) < 4.78 is 5.73. The smallest absolute Gasteiger partial charge is 0.248 e. The van der Waals surface area contributed by atoms with Gasteiger partial charge in [0.05, 0.1) is 0 Å². The second kappa shape index (κ2) is 4.96. The molecule has 1 aromatic heterocycles. The summed E-state index contributed by atoms with van der Waals surface area (Å²) in [7, 11) is 0. The first-order valence-corrected chi connectivity index (χ1v) is 5.68. The van der Waals surface area contributed by atoms with Gasteiger partial charge in [-0.15, -0.1) is 0 Å². The zero-order chi connectivity index (χ0) is 11.4. The molecule has 0 bridgehead atoms. The standard InChI is InChI=1S/C12H16N2O2/c13-12(15)9-6-7-14-11(8-9)16-10-4-2-1-3-5-10/h6-8,10H,1-5H2,(H2,13,15). The number of carbonyl (C=O) groups is 1. The fraction of sp³-hybridized carbons (Fsp3) is 0.500. The van der Waals surface area contributed by atoms with E-state index in [0.29, 0.717) is 11.4 Å². The van der Waals surface area contributed by atoms with Crippen LogP contribution in [0.25, 0.3) is 0 Å². The van der Waals surface area contributed by atoms with Crippen molar-refractivity contribution in [2.24, 2.45) is 5.73 Å². The molecular weight excluding hydrogens is 204 g/mol. The summed E-state index contributed by atoms with van der Waals surface area (Å²) in [5.74, 6) is 0.0547. The largest absolute Gasteiger partial charge is 0.474 e. The van der Waals surface area contributed by atoms with Crippen LogP contribution in [0, 0.1) is 0 Å². The van der Waals surface area contributed by atoms with Crippen LogP contribution in [0.15, 0.2) is 18.3 Å². The van der Waals surface area contributed by atoms with E-state index in [1.165, 1.54) is 19.3 Å². The van der Waals surface area contributed by atoms with Gasteiger partial charge in [0.25, 0.3) is 0 Å². The molecule has 1 aliphatic carbocycles. The summed E-state index contributed by atoms with van der Waals surface area (Å²) in [5.41, 5.74) is 5.64. The van der Waals surface area contributed by atoms with Crippen molar-refractivity contribution in [2.75, 3.05) is 0 Å². The highest BCUT2D eigenvalue weighted by atomic mass is 16.5. The molecule has 86 valence electrons. The number of hydrogen-bond acceptors (Lipinski definition) is 3. The van der Waals surface area contributed by atoms with Crippen LogP contribution >= 0.6 is 0 Å². The Kier molecular flexibility index (Phi) is 3.39. The van der Waals surface area contributed by atoms with Gasteiger partial charge < -0.3 is 10.5 Å². The zero-order valence-electron chi connectivity index (χ0n) is 9.19. The Labute approximate surface area is 94.8 Å². The van der Waals surface area contributed by atoms with Crippen LogP contribution in [0.3, 0.4) is 0 Å². The average molecular weight is 220 g/mol. The summed E-state index contributed by atoms with van der Waals surface area (Å²) in [6.07, 6.45) is 7.64. The highest BCUT2D eigenvalue weighted by Crippen LogP contribution is 2.22. The molecule has 1 heterocycles. The Morgan fingerprint density at radius 3 is 2.81 bits per heavy atom. The number of ether oxygens (including phenoxy) is 1. The van der Waals surface area contributed by atoms with E-state index in [4.69, 9.17) is 10.5 Å². The maximum Gasteiger partial charge on any atom is 0.248 e. The Morgan fingerprint density at radius 1 is 1.38 bits per heavy atom. The Hall–Kier alpha value is -1.58. The second-order valence-electron chi connectivity index (χ2n) is 4.12. The van der Waals surface area contributed by atoms with Gasteiger partial charge in [0.1, 0.15) is 6.10 Å². The van der Waals surface area contributed by atoms with Gasteiger partial charge in [0.15, 0.2) is 0 Å². The van der Waals surface area contributed by atoms with Gasteiger partial charge in [-0.2, -0.15) is 0 Å². The molecule has 0 spiro atoms. The van der Waals surface area contributed by atoms with Crippen molar-refractivity contribution in [3.63, 3.8) is 0 Å². The first-order valence-electron chi connectivity index (χ1n) is 5.68. The van der Waals surface area contributed by atoms with Crippen LogP contribution in [0.4, 0.5) is 0 Å². The number of pyridine rings is 1. The van der Waals surface area contributed by atoms with Gasteiger partial charge in [-0.25, -0.2) is 4.98 Å². The van der Waals surface area contributed by atoms with Gasteiger partial charge in [-0.3, -0.25) is 4.79 Å². The van der Waals surface area contributed by atoms with E-state index >= 15 is 0 Å². The molecule has 0 aromatic carbocycles. The molecule has 2 rings (SSSR count). The van der Waals surface area contributed by atoms with Crippen LogP contribution in [0.1, 0.15) is 42.5 Å². The van der Waals surface area contributed by atoms with Crippen LogP contribution in [-0.4, -0.2) is 17.0 Å². The third kappa shape index (κ3) is 2.72. The predicted octanol–water partition coefficient (Wildman–Crippen LogP) is 1.89. The van der Waals surface area contributed by atoms with Crippen LogP contribution in [0.5, 0.6) is 5.88 Å². The zero-order valence-corrected chi connectivity index (χ0v) is 9.19. The van der Waals surface area contributed by atoms with Gasteiger partial charge >= 0.3 is 0 Å². The molecule has 0 aliphatic heterocycles. The molecule has 1 fully saturated rings. The van der Waals surface area contributed by atoms with E-state index in [1.54, 1.807) is 18.3 Å². The van der Waals surface area contributed by atoms with E-state index in [0.717, 1.165) is 12.8 Å². The van der Waals surface area contributed by atoms with Crippen molar-refractivity contribution < 1.29 is 9.53 Å². The summed E-state index contributed by atoms with van der Waals surface area (Å²) >= 11 is 0. The fourth-order valence-corrected chi connectivity index (χ4v) is 1.98. The Balaban J connectivity index is 2.02. The molecular formula is C12H16N2O2. The molecule has 1 aromatic rings. The van der Waals surface area contributed by atoms with E-state index < -0.39 is 5.91 Å². The van der Waals surface area contributed by atoms with E-state index in [2.05, 4.69) is 4.98 Å². The van der Waals surface area contributed by atoms with Crippen molar-refractivity contribution in [1.82, 2.24) is 4.98 Å². The van der Waals surface area contributed by atoms with Crippen molar-refractivity contribution in [1.29, 1.82) is 0 Å². The monoisotopic (exact) mass is 220 g/mol. The number of primary amides is 1. The quantitative estimate of drug-likeness (QED) is 0.846. The highest BCUT2D eigenvalue weighted by Gasteiger charge is 2.15. The van der Waals surface area contributed by atoms with Gasteiger partial charge in [0.2, 0.25) is 11.8 Å².